The Bertz CT molecular complexity index is 499. The molecule has 0 bridgehead atoms. The number of hydrogen-bond acceptors (Lipinski definition) is 4. The second-order valence-electron chi connectivity index (χ2n) is 4.81. The molecule has 1 amide bonds. The number of nitrogens with zero attached hydrogens (tertiary/aromatic N) is 1. The highest BCUT2D eigenvalue weighted by atomic mass is 19.3. The predicted molar refractivity (Wildman–Crippen MR) is 72.0 cm³/mol. The summed E-state index contributed by atoms with van der Waals surface area (Å²) in [5.41, 5.74) is 0.506. The SMILES string of the molecule is COCC(C)N1C(=O)CNC1c1ccccc1OC(F)F. The summed E-state index contributed by atoms with van der Waals surface area (Å²) in [6.07, 6.45) is -0.502. The number of rotatable bonds is 6. The quantitative estimate of drug-likeness (QED) is 0.869. The van der Waals surface area contributed by atoms with Crippen LogP contribution in [0, 0.1) is 0 Å². The van der Waals surface area contributed by atoms with E-state index >= 15 is 0 Å². The molecule has 0 radical (unpaired) electrons. The van der Waals surface area contributed by atoms with Crippen LogP contribution in [0.1, 0.15) is 18.7 Å². The number of hydrogen-bond donors (Lipinski definition) is 1. The number of alkyl halides is 2. The Hall–Kier alpha value is -1.73. The minimum absolute atomic E-state index is 0.0642. The molecule has 1 aromatic carbocycles. The van der Waals surface area contributed by atoms with Crippen molar-refractivity contribution < 1.29 is 23.0 Å². The van der Waals surface area contributed by atoms with Crippen molar-refractivity contribution in [2.45, 2.75) is 25.7 Å². The first-order valence-electron chi connectivity index (χ1n) is 6.61. The summed E-state index contributed by atoms with van der Waals surface area (Å²) in [5, 5.41) is 3.02. The zero-order chi connectivity index (χ0) is 15.4. The van der Waals surface area contributed by atoms with Crippen LogP contribution in [-0.2, 0) is 9.53 Å². The van der Waals surface area contributed by atoms with E-state index < -0.39 is 12.8 Å². The van der Waals surface area contributed by atoms with E-state index in [-0.39, 0.29) is 24.2 Å². The fourth-order valence-electron chi connectivity index (χ4n) is 2.51. The first-order chi connectivity index (χ1) is 10.0. The summed E-state index contributed by atoms with van der Waals surface area (Å²) in [7, 11) is 1.55. The number of benzene rings is 1. The number of methoxy groups -OCH3 is 1. The monoisotopic (exact) mass is 300 g/mol. The molecule has 1 heterocycles. The lowest BCUT2D eigenvalue weighted by Gasteiger charge is -2.31. The van der Waals surface area contributed by atoms with Crippen LogP contribution >= 0.6 is 0 Å². The Balaban J connectivity index is 2.29. The van der Waals surface area contributed by atoms with E-state index in [9.17, 15) is 13.6 Å². The molecule has 1 fully saturated rings. The molecule has 7 heteroatoms. The van der Waals surface area contributed by atoms with Crippen LogP contribution in [0.2, 0.25) is 0 Å². The molecule has 1 saturated heterocycles. The van der Waals surface area contributed by atoms with Gasteiger partial charge in [0.25, 0.3) is 0 Å². The molecule has 0 aliphatic carbocycles. The van der Waals surface area contributed by atoms with Crippen LogP contribution in [0.3, 0.4) is 0 Å². The van der Waals surface area contributed by atoms with Crippen molar-refractivity contribution in [2.24, 2.45) is 0 Å². The first-order valence-corrected chi connectivity index (χ1v) is 6.61. The second-order valence-corrected chi connectivity index (χ2v) is 4.81. The number of para-hydroxylation sites is 1. The van der Waals surface area contributed by atoms with E-state index in [0.29, 0.717) is 12.2 Å². The van der Waals surface area contributed by atoms with Gasteiger partial charge in [0.15, 0.2) is 0 Å². The number of carbonyl (C=O) groups excluding carboxylic acids is 1. The third-order valence-corrected chi connectivity index (χ3v) is 3.33. The average molecular weight is 300 g/mol. The van der Waals surface area contributed by atoms with Gasteiger partial charge in [-0.15, -0.1) is 0 Å². The topological polar surface area (TPSA) is 50.8 Å². The lowest BCUT2D eigenvalue weighted by Crippen LogP contribution is -2.40. The van der Waals surface area contributed by atoms with Gasteiger partial charge in [0.1, 0.15) is 11.9 Å². The Kier molecular flexibility index (Phi) is 5.08. The minimum Gasteiger partial charge on any atom is -0.434 e. The molecule has 21 heavy (non-hydrogen) atoms. The largest absolute Gasteiger partial charge is 0.434 e. The van der Waals surface area contributed by atoms with Crippen molar-refractivity contribution in [1.29, 1.82) is 0 Å². The standard InChI is InChI=1S/C14H18F2N2O3/c1-9(8-20-2)18-12(19)7-17-13(18)10-5-3-4-6-11(10)21-14(15)16/h3-6,9,13-14,17H,7-8H2,1-2H3. The number of nitrogens with one attached hydrogen (secondary N) is 1. The number of halogens is 2. The molecule has 1 N–H and O–H groups in total. The molecule has 0 spiro atoms. The van der Waals surface area contributed by atoms with E-state index in [1.807, 2.05) is 6.92 Å². The van der Waals surface area contributed by atoms with Crippen molar-refractivity contribution in [3.05, 3.63) is 29.8 Å². The lowest BCUT2D eigenvalue weighted by atomic mass is 10.1. The first kappa shape index (κ1) is 15.7. The van der Waals surface area contributed by atoms with Gasteiger partial charge in [-0.2, -0.15) is 8.78 Å². The van der Waals surface area contributed by atoms with Crippen molar-refractivity contribution in [2.75, 3.05) is 20.3 Å². The molecule has 2 rings (SSSR count). The van der Waals surface area contributed by atoms with Crippen LogP contribution in [0.15, 0.2) is 24.3 Å². The van der Waals surface area contributed by atoms with Crippen LogP contribution in [0.25, 0.3) is 0 Å². The number of ether oxygens (including phenoxy) is 2. The number of amides is 1. The maximum Gasteiger partial charge on any atom is 0.387 e. The van der Waals surface area contributed by atoms with Crippen molar-refractivity contribution >= 4 is 5.91 Å². The highest BCUT2D eigenvalue weighted by Gasteiger charge is 2.36. The van der Waals surface area contributed by atoms with Crippen molar-refractivity contribution in [3.8, 4) is 5.75 Å². The van der Waals surface area contributed by atoms with Gasteiger partial charge in [0, 0.05) is 12.7 Å². The predicted octanol–water partition coefficient (Wildman–Crippen LogP) is 1.75. The Morgan fingerprint density at radius 2 is 2.14 bits per heavy atom. The molecule has 116 valence electrons. The van der Waals surface area contributed by atoms with Crippen LogP contribution < -0.4 is 10.1 Å². The second kappa shape index (κ2) is 6.82. The summed E-state index contributed by atoms with van der Waals surface area (Å²) in [6.45, 7) is -0.547. The summed E-state index contributed by atoms with van der Waals surface area (Å²) < 4.78 is 34.6. The molecule has 5 nitrogen and oxygen atoms in total. The molecule has 2 atom stereocenters. The van der Waals surface area contributed by atoms with E-state index in [0.717, 1.165) is 0 Å². The van der Waals surface area contributed by atoms with Gasteiger partial charge in [0.05, 0.1) is 19.2 Å². The van der Waals surface area contributed by atoms with Crippen LogP contribution in [0.4, 0.5) is 8.78 Å². The molecule has 0 aromatic heterocycles. The zero-order valence-electron chi connectivity index (χ0n) is 11.9. The highest BCUT2D eigenvalue weighted by Crippen LogP contribution is 2.32. The smallest absolute Gasteiger partial charge is 0.387 e. The van der Waals surface area contributed by atoms with Crippen molar-refractivity contribution in [1.82, 2.24) is 10.2 Å². The average Bonchev–Trinajstić information content (AvgIpc) is 2.81. The zero-order valence-corrected chi connectivity index (χ0v) is 11.9. The van der Waals surface area contributed by atoms with Crippen LogP contribution in [0.5, 0.6) is 5.75 Å². The third kappa shape index (κ3) is 3.48. The fraction of sp³-hybridized carbons (Fsp3) is 0.500. The van der Waals surface area contributed by atoms with Crippen LogP contribution in [-0.4, -0.2) is 43.7 Å². The fourth-order valence-corrected chi connectivity index (χ4v) is 2.51. The third-order valence-electron chi connectivity index (χ3n) is 3.33. The highest BCUT2D eigenvalue weighted by molar-refractivity contribution is 5.81. The normalized spacial score (nSPS) is 20.1. The van der Waals surface area contributed by atoms with Gasteiger partial charge >= 0.3 is 6.61 Å². The van der Waals surface area contributed by atoms with Gasteiger partial charge in [-0.25, -0.2) is 0 Å². The summed E-state index contributed by atoms with van der Waals surface area (Å²) in [5.74, 6) is -0.0364. The molecule has 0 saturated carbocycles. The maximum absolute atomic E-state index is 12.5. The lowest BCUT2D eigenvalue weighted by molar-refractivity contribution is -0.131. The van der Waals surface area contributed by atoms with Gasteiger partial charge < -0.3 is 14.4 Å². The summed E-state index contributed by atoms with van der Waals surface area (Å²) >= 11 is 0. The molecule has 1 aliphatic heterocycles. The molecular weight excluding hydrogens is 282 g/mol. The summed E-state index contributed by atoms with van der Waals surface area (Å²) in [6, 6.07) is 6.28. The Labute approximate surface area is 121 Å². The van der Waals surface area contributed by atoms with E-state index in [4.69, 9.17) is 4.74 Å². The van der Waals surface area contributed by atoms with E-state index in [1.165, 1.54) is 6.07 Å². The van der Waals surface area contributed by atoms with Gasteiger partial charge in [-0.1, -0.05) is 18.2 Å². The molecule has 2 unspecified atom stereocenters. The van der Waals surface area contributed by atoms with E-state index in [2.05, 4.69) is 10.1 Å². The minimum atomic E-state index is -2.91. The summed E-state index contributed by atoms with van der Waals surface area (Å²) in [4.78, 5) is 13.6. The van der Waals surface area contributed by atoms with Gasteiger partial charge in [0.2, 0.25) is 5.91 Å². The Morgan fingerprint density at radius 1 is 1.43 bits per heavy atom. The van der Waals surface area contributed by atoms with Gasteiger partial charge in [-0.3, -0.25) is 10.1 Å². The molecule has 1 aromatic rings. The molecule has 1 aliphatic rings. The molecular formula is C14H18F2N2O3. The maximum atomic E-state index is 12.5. The number of carbonyl (C=O) groups is 1. The van der Waals surface area contributed by atoms with E-state index in [1.54, 1.807) is 30.2 Å². The van der Waals surface area contributed by atoms with Gasteiger partial charge in [-0.05, 0) is 13.0 Å². The Morgan fingerprint density at radius 3 is 2.81 bits per heavy atom. The van der Waals surface area contributed by atoms with Crippen molar-refractivity contribution in [3.63, 3.8) is 0 Å².